The van der Waals surface area contributed by atoms with Gasteiger partial charge in [0.25, 0.3) is 0 Å². The summed E-state index contributed by atoms with van der Waals surface area (Å²) in [6.07, 6.45) is 1.10. The minimum atomic E-state index is -0.605. The van der Waals surface area contributed by atoms with Crippen molar-refractivity contribution in [3.05, 3.63) is 0 Å². The van der Waals surface area contributed by atoms with Crippen molar-refractivity contribution in [2.75, 3.05) is 7.11 Å². The first-order chi connectivity index (χ1) is 5.11. The smallest absolute Gasteiger partial charge is 0.407 e. The quantitative estimate of drug-likeness (QED) is 0.649. The second kappa shape index (κ2) is 4.71. The Balaban J connectivity index is 3.87. The second-order valence-corrected chi connectivity index (χ2v) is 2.48. The largest absolute Gasteiger partial charge is 0.453 e. The van der Waals surface area contributed by atoms with Gasteiger partial charge in [0, 0.05) is 0 Å². The fraction of sp³-hybridized carbons (Fsp3) is 0.714. The molecule has 0 bridgehead atoms. The first-order valence-electron chi connectivity index (χ1n) is 3.34. The highest BCUT2D eigenvalue weighted by Crippen LogP contribution is 1.97. The van der Waals surface area contributed by atoms with Crippen LogP contribution in [0.2, 0.25) is 0 Å². The summed E-state index contributed by atoms with van der Waals surface area (Å²) in [5, 5.41) is 2.33. The van der Waals surface area contributed by atoms with E-state index in [4.69, 9.17) is 0 Å². The standard InChI is InChI=1S/C7H12NO3/c1-5(2)6(4-9)8-7(10)11-3/h5-6H,1-3H3,(H,8,10)/t6-/m0/s1. The molecule has 0 saturated heterocycles. The third-order valence-electron chi connectivity index (χ3n) is 1.25. The fourth-order valence-corrected chi connectivity index (χ4v) is 0.518. The number of ether oxygens (including phenoxy) is 1. The molecule has 0 aromatic carbocycles. The molecule has 1 radical (unpaired) electrons. The van der Waals surface area contributed by atoms with E-state index in [2.05, 4.69) is 10.1 Å². The Bertz CT molecular complexity index is 145. The number of carbonyl (C=O) groups is 1. The van der Waals surface area contributed by atoms with Gasteiger partial charge in [0.1, 0.15) is 6.04 Å². The summed E-state index contributed by atoms with van der Waals surface area (Å²) in [5.41, 5.74) is 0. The maximum Gasteiger partial charge on any atom is 0.407 e. The molecule has 0 aliphatic carbocycles. The Morgan fingerprint density at radius 2 is 2.09 bits per heavy atom. The molecule has 4 heteroatoms. The van der Waals surface area contributed by atoms with Crippen molar-refractivity contribution in [1.29, 1.82) is 0 Å². The van der Waals surface area contributed by atoms with E-state index in [1.165, 1.54) is 7.11 Å². The first kappa shape index (κ1) is 9.94. The molecule has 1 amide bonds. The average Bonchev–Trinajstić information content (AvgIpc) is 1.99. The summed E-state index contributed by atoms with van der Waals surface area (Å²) in [6, 6.07) is -0.581. The van der Waals surface area contributed by atoms with Crippen LogP contribution < -0.4 is 5.32 Å². The van der Waals surface area contributed by atoms with E-state index in [0.29, 0.717) is 0 Å². The van der Waals surface area contributed by atoms with Gasteiger partial charge in [-0.25, -0.2) is 4.79 Å². The third kappa shape index (κ3) is 3.60. The van der Waals surface area contributed by atoms with E-state index < -0.39 is 12.1 Å². The monoisotopic (exact) mass is 158 g/mol. The normalized spacial score (nSPS) is 12.4. The van der Waals surface area contributed by atoms with Crippen LogP contribution in [0.4, 0.5) is 4.79 Å². The zero-order chi connectivity index (χ0) is 8.85. The molecule has 1 atom stereocenters. The summed E-state index contributed by atoms with van der Waals surface area (Å²) >= 11 is 0. The van der Waals surface area contributed by atoms with Crippen molar-refractivity contribution in [1.82, 2.24) is 5.32 Å². The van der Waals surface area contributed by atoms with Gasteiger partial charge in [-0.1, -0.05) is 13.8 Å². The van der Waals surface area contributed by atoms with Crippen molar-refractivity contribution < 1.29 is 14.3 Å². The van der Waals surface area contributed by atoms with Gasteiger partial charge in [0.05, 0.1) is 7.11 Å². The highest BCUT2D eigenvalue weighted by atomic mass is 16.5. The molecule has 0 rings (SSSR count). The van der Waals surface area contributed by atoms with E-state index in [0.717, 1.165) is 0 Å². The molecule has 0 aromatic heterocycles. The van der Waals surface area contributed by atoms with E-state index in [1.807, 2.05) is 13.8 Å². The topological polar surface area (TPSA) is 55.4 Å². The van der Waals surface area contributed by atoms with Gasteiger partial charge in [0.15, 0.2) is 0 Å². The zero-order valence-corrected chi connectivity index (χ0v) is 6.88. The maximum absolute atomic E-state index is 10.6. The zero-order valence-electron chi connectivity index (χ0n) is 6.88. The number of amides is 1. The predicted molar refractivity (Wildman–Crippen MR) is 39.9 cm³/mol. The molecule has 0 aromatic rings. The molecule has 11 heavy (non-hydrogen) atoms. The third-order valence-corrected chi connectivity index (χ3v) is 1.25. The Labute approximate surface area is 65.9 Å². The van der Waals surface area contributed by atoms with Crippen molar-refractivity contribution in [2.24, 2.45) is 5.92 Å². The van der Waals surface area contributed by atoms with E-state index in [9.17, 15) is 9.59 Å². The Hall–Kier alpha value is -1.06. The molecule has 63 valence electrons. The van der Waals surface area contributed by atoms with E-state index in [-0.39, 0.29) is 5.92 Å². The summed E-state index contributed by atoms with van der Waals surface area (Å²) in [6.45, 7) is 3.62. The molecular formula is C7H12NO3. The van der Waals surface area contributed by atoms with Crippen molar-refractivity contribution in [3.8, 4) is 0 Å². The molecular weight excluding hydrogens is 146 g/mol. The fourth-order valence-electron chi connectivity index (χ4n) is 0.518. The molecule has 0 heterocycles. The van der Waals surface area contributed by atoms with Crippen molar-refractivity contribution >= 4 is 12.4 Å². The van der Waals surface area contributed by atoms with Crippen LogP contribution in [0.3, 0.4) is 0 Å². The number of hydrogen-bond donors (Lipinski definition) is 1. The van der Waals surface area contributed by atoms with Gasteiger partial charge >= 0.3 is 6.09 Å². The summed E-state index contributed by atoms with van der Waals surface area (Å²) < 4.78 is 4.30. The van der Waals surface area contributed by atoms with Crippen molar-refractivity contribution in [3.63, 3.8) is 0 Å². The molecule has 0 fully saturated rings. The van der Waals surface area contributed by atoms with Crippen LogP contribution in [0.25, 0.3) is 0 Å². The van der Waals surface area contributed by atoms with Crippen LogP contribution in [-0.2, 0) is 9.53 Å². The highest BCUT2D eigenvalue weighted by Gasteiger charge is 2.15. The van der Waals surface area contributed by atoms with Crippen LogP contribution in [-0.4, -0.2) is 25.5 Å². The number of nitrogens with one attached hydrogen (secondary N) is 1. The van der Waals surface area contributed by atoms with Crippen LogP contribution in [0.5, 0.6) is 0 Å². The molecule has 0 aliphatic rings. The molecule has 0 spiro atoms. The highest BCUT2D eigenvalue weighted by molar-refractivity contribution is 5.73. The van der Waals surface area contributed by atoms with Gasteiger partial charge in [-0.3, -0.25) is 4.79 Å². The van der Waals surface area contributed by atoms with Gasteiger partial charge in [-0.05, 0) is 5.92 Å². The van der Waals surface area contributed by atoms with Gasteiger partial charge in [0.2, 0.25) is 6.29 Å². The number of methoxy groups -OCH3 is 1. The minimum absolute atomic E-state index is 0.0339. The summed E-state index contributed by atoms with van der Waals surface area (Å²) in [5.74, 6) is 0.0339. The van der Waals surface area contributed by atoms with E-state index in [1.54, 1.807) is 6.29 Å². The lowest BCUT2D eigenvalue weighted by Gasteiger charge is -2.13. The van der Waals surface area contributed by atoms with Crippen LogP contribution in [0, 0.1) is 5.92 Å². The molecule has 1 N–H and O–H groups in total. The number of hydrogen-bond acceptors (Lipinski definition) is 3. The lowest BCUT2D eigenvalue weighted by Crippen LogP contribution is -2.39. The lowest BCUT2D eigenvalue weighted by atomic mass is 10.1. The van der Waals surface area contributed by atoms with Crippen LogP contribution >= 0.6 is 0 Å². The van der Waals surface area contributed by atoms with Gasteiger partial charge in [-0.15, -0.1) is 0 Å². The minimum Gasteiger partial charge on any atom is -0.453 e. The van der Waals surface area contributed by atoms with Gasteiger partial charge in [-0.2, -0.15) is 0 Å². The SMILES string of the molecule is COC(=O)N[C@@H]([C]=O)C(C)C. The molecule has 4 nitrogen and oxygen atoms in total. The maximum atomic E-state index is 10.6. The Morgan fingerprint density at radius 1 is 1.55 bits per heavy atom. The Morgan fingerprint density at radius 3 is 2.36 bits per heavy atom. The summed E-state index contributed by atoms with van der Waals surface area (Å²) in [7, 11) is 1.25. The van der Waals surface area contributed by atoms with E-state index >= 15 is 0 Å². The number of rotatable bonds is 3. The van der Waals surface area contributed by atoms with Crippen LogP contribution in [0.1, 0.15) is 13.8 Å². The summed E-state index contributed by atoms with van der Waals surface area (Å²) in [4.78, 5) is 20.8. The molecule has 0 aliphatic heterocycles. The average molecular weight is 158 g/mol. The first-order valence-corrected chi connectivity index (χ1v) is 3.34. The predicted octanol–water partition coefficient (Wildman–Crippen LogP) is 0.477. The van der Waals surface area contributed by atoms with Crippen molar-refractivity contribution in [2.45, 2.75) is 19.9 Å². The Kier molecular flexibility index (Phi) is 4.26. The van der Waals surface area contributed by atoms with Gasteiger partial charge < -0.3 is 10.1 Å². The van der Waals surface area contributed by atoms with Crippen LogP contribution in [0.15, 0.2) is 0 Å². The second-order valence-electron chi connectivity index (χ2n) is 2.48. The molecule has 0 unspecified atom stereocenters. The molecule has 0 saturated carbocycles. The number of carbonyl (C=O) groups excluding carboxylic acids is 2. The lowest BCUT2D eigenvalue weighted by molar-refractivity contribution is 0.167. The number of alkyl carbamates (subject to hydrolysis) is 1.